The maximum Gasteiger partial charge on any atom is 0.357 e. The minimum Gasteiger partial charge on any atom is -0.476 e. The van der Waals surface area contributed by atoms with E-state index in [9.17, 15) is 14.1 Å². The van der Waals surface area contributed by atoms with E-state index in [4.69, 9.17) is 24.2 Å². The van der Waals surface area contributed by atoms with Gasteiger partial charge in [0.05, 0.1) is 16.0 Å². The van der Waals surface area contributed by atoms with Crippen molar-refractivity contribution in [2.75, 3.05) is 36.7 Å². The van der Waals surface area contributed by atoms with Gasteiger partial charge in [-0.1, -0.05) is 82.6 Å². The maximum atomic E-state index is 15.7. The van der Waals surface area contributed by atoms with Crippen LogP contribution in [0, 0.1) is 5.82 Å². The Balaban J connectivity index is 1.54. The van der Waals surface area contributed by atoms with Crippen LogP contribution < -0.4 is 14.4 Å². The third-order valence-corrected chi connectivity index (χ3v) is 13.8. The lowest BCUT2D eigenvalue weighted by Crippen LogP contribution is -2.22. The quantitative estimate of drug-likeness (QED) is 0.0445. The molecule has 0 aliphatic rings. The summed E-state index contributed by atoms with van der Waals surface area (Å²) in [6, 6.07) is 21.5. The summed E-state index contributed by atoms with van der Waals surface area (Å²) in [6.45, 7) is 16.5. The van der Waals surface area contributed by atoms with Crippen LogP contribution in [0.25, 0.3) is 22.4 Å². The first-order valence-electron chi connectivity index (χ1n) is 18.7. The van der Waals surface area contributed by atoms with Crippen LogP contribution >= 0.6 is 0 Å². The zero-order valence-corrected chi connectivity index (χ0v) is 36.3. The van der Waals surface area contributed by atoms with Crippen LogP contribution in [-0.4, -0.2) is 78.2 Å². The summed E-state index contributed by atoms with van der Waals surface area (Å²) >= 11 is 0. The van der Waals surface area contributed by atoms with Crippen molar-refractivity contribution >= 4 is 55.6 Å². The molecule has 3 aromatic carbocycles. The molecule has 2 aromatic heterocycles. The first-order valence-corrected chi connectivity index (χ1v) is 27.2. The minimum absolute atomic E-state index is 0.0391. The fourth-order valence-corrected chi connectivity index (χ4v) is 8.35. The Morgan fingerprint density at radius 3 is 2.25 bits per heavy atom. The Bertz CT molecular complexity index is 2160. The van der Waals surface area contributed by atoms with Crippen LogP contribution in [0.3, 0.4) is 0 Å². The zero-order chi connectivity index (χ0) is 40.6. The molecule has 300 valence electrons. The number of nitrogens with zero attached hydrogens (tertiary/aromatic N) is 5. The van der Waals surface area contributed by atoms with Gasteiger partial charge in [0, 0.05) is 48.5 Å². The molecule has 0 amide bonds. The number of hydrogen-bond acceptors (Lipinski definition) is 9. The lowest BCUT2D eigenvalue weighted by molar-refractivity contribution is 0.0197. The van der Waals surface area contributed by atoms with Crippen molar-refractivity contribution in [1.29, 1.82) is 0 Å². The van der Waals surface area contributed by atoms with E-state index < -0.39 is 38.9 Å². The fraction of sp³-hybridized carbons (Fsp3) is 0.400. The highest BCUT2D eigenvalue weighted by Crippen LogP contribution is 2.34. The SMILES string of the molecule is CCc1cc(OCOCC[Si](C)(C)C)c(F)cc1-c1nc(NCc2ccccc2N(C)S(=O)c2ccccc2)c2c(C(=O)O)nn(COCC[Si](C)(C)C)c2n1. The number of anilines is 2. The molecule has 0 saturated heterocycles. The van der Waals surface area contributed by atoms with Gasteiger partial charge in [0.15, 0.2) is 46.5 Å². The van der Waals surface area contributed by atoms with Crippen molar-refractivity contribution < 1.29 is 32.7 Å². The molecule has 0 aliphatic heterocycles. The van der Waals surface area contributed by atoms with E-state index in [-0.39, 0.29) is 54.2 Å². The standard InChI is InChI=1S/C40H53FN6O6SSi2/c1-9-28-23-34(53-27-52-20-22-56(6,7)8)32(41)24-31(28)37-43-38(35-36(40(48)49)45-47(39(35)44-37)26-51-19-21-55(3,4)5)42-25-29-15-13-14-18-33(29)46(2)54(50)30-16-11-10-12-17-30/h10-18,23-24H,9,19-22,25-27H2,1-8H3,(H,48,49)(H,42,43,44). The van der Waals surface area contributed by atoms with E-state index in [1.807, 2.05) is 61.5 Å². The Hall–Kier alpha value is -4.49. The molecule has 0 aliphatic carbocycles. The molecular formula is C40H53FN6O6SSi2. The molecular weight excluding hydrogens is 768 g/mol. The highest BCUT2D eigenvalue weighted by molar-refractivity contribution is 7.86. The molecule has 0 radical (unpaired) electrons. The van der Waals surface area contributed by atoms with Crippen molar-refractivity contribution in [3.05, 3.63) is 89.4 Å². The van der Waals surface area contributed by atoms with Gasteiger partial charge in [-0.3, -0.25) is 4.31 Å². The predicted octanol–water partition coefficient (Wildman–Crippen LogP) is 8.67. The summed E-state index contributed by atoms with van der Waals surface area (Å²) in [6.07, 6.45) is 0.504. The zero-order valence-electron chi connectivity index (χ0n) is 33.5. The van der Waals surface area contributed by atoms with E-state index in [1.54, 1.807) is 17.4 Å². The number of carboxylic acids is 1. The fourth-order valence-electron chi connectivity index (χ4n) is 5.77. The number of para-hydroxylation sites is 1. The number of aromatic nitrogens is 4. The van der Waals surface area contributed by atoms with Crippen LogP contribution in [0.2, 0.25) is 51.4 Å². The molecule has 0 fully saturated rings. The normalized spacial score (nSPS) is 12.5. The van der Waals surface area contributed by atoms with Gasteiger partial charge in [0.2, 0.25) is 0 Å². The molecule has 16 heteroatoms. The first kappa shape index (κ1) is 42.7. The number of aromatic carboxylic acids is 1. The Morgan fingerprint density at radius 2 is 1.59 bits per heavy atom. The summed E-state index contributed by atoms with van der Waals surface area (Å²) in [7, 11) is -2.44. The van der Waals surface area contributed by atoms with Gasteiger partial charge in [0.1, 0.15) is 12.5 Å². The molecule has 0 spiro atoms. The Morgan fingerprint density at radius 1 is 0.929 bits per heavy atom. The second-order valence-electron chi connectivity index (χ2n) is 15.9. The van der Waals surface area contributed by atoms with E-state index in [0.29, 0.717) is 35.8 Å². The van der Waals surface area contributed by atoms with Gasteiger partial charge < -0.3 is 24.6 Å². The number of benzene rings is 3. The average Bonchev–Trinajstić information content (AvgIpc) is 3.53. The van der Waals surface area contributed by atoms with Crippen LogP contribution in [0.1, 0.15) is 28.5 Å². The number of ether oxygens (including phenoxy) is 3. The van der Waals surface area contributed by atoms with Crippen molar-refractivity contribution in [3.63, 3.8) is 0 Å². The number of nitrogens with one attached hydrogen (secondary N) is 1. The summed E-state index contributed by atoms with van der Waals surface area (Å²) in [5.74, 6) is -1.45. The third-order valence-electron chi connectivity index (χ3n) is 9.05. The molecule has 5 aromatic rings. The number of aryl methyl sites for hydroxylation is 1. The molecule has 0 saturated carbocycles. The number of rotatable bonds is 20. The van der Waals surface area contributed by atoms with Crippen LogP contribution in [0.5, 0.6) is 5.75 Å². The molecule has 56 heavy (non-hydrogen) atoms. The van der Waals surface area contributed by atoms with Crippen molar-refractivity contribution in [2.45, 2.75) is 82.9 Å². The predicted molar refractivity (Wildman–Crippen MR) is 226 cm³/mol. The van der Waals surface area contributed by atoms with Gasteiger partial charge in [-0.2, -0.15) is 5.10 Å². The van der Waals surface area contributed by atoms with E-state index >= 15 is 4.39 Å². The smallest absolute Gasteiger partial charge is 0.357 e. The van der Waals surface area contributed by atoms with Gasteiger partial charge in [-0.05, 0) is 60.0 Å². The Kier molecular flexibility index (Phi) is 14.2. The largest absolute Gasteiger partial charge is 0.476 e. The van der Waals surface area contributed by atoms with E-state index in [1.165, 1.54) is 10.7 Å². The van der Waals surface area contributed by atoms with Gasteiger partial charge in [0.25, 0.3) is 0 Å². The summed E-state index contributed by atoms with van der Waals surface area (Å²) in [5.41, 5.74) is 2.59. The molecule has 1 unspecified atom stereocenters. The van der Waals surface area contributed by atoms with Crippen molar-refractivity contribution in [3.8, 4) is 17.1 Å². The number of fused-ring (bicyclic) bond motifs is 1. The molecule has 0 bridgehead atoms. The van der Waals surface area contributed by atoms with E-state index in [2.05, 4.69) is 49.7 Å². The highest BCUT2D eigenvalue weighted by Gasteiger charge is 2.26. The molecule has 2 heterocycles. The van der Waals surface area contributed by atoms with Crippen LogP contribution in [0.15, 0.2) is 71.6 Å². The molecule has 2 N–H and O–H groups in total. The van der Waals surface area contributed by atoms with Crippen LogP contribution in [0.4, 0.5) is 15.9 Å². The summed E-state index contributed by atoms with van der Waals surface area (Å²) in [5, 5.41) is 18.3. The Labute approximate surface area is 333 Å². The number of carbonyl (C=O) groups is 1. The van der Waals surface area contributed by atoms with Gasteiger partial charge >= 0.3 is 5.97 Å². The lowest BCUT2D eigenvalue weighted by Gasteiger charge is -2.22. The second-order valence-corrected chi connectivity index (χ2v) is 28.7. The second kappa shape index (κ2) is 18.6. The molecule has 12 nitrogen and oxygen atoms in total. The lowest BCUT2D eigenvalue weighted by atomic mass is 10.0. The first-order chi connectivity index (χ1) is 26.6. The molecule has 1 atom stereocenters. The van der Waals surface area contributed by atoms with E-state index in [0.717, 1.165) is 23.2 Å². The van der Waals surface area contributed by atoms with Crippen molar-refractivity contribution in [1.82, 2.24) is 19.7 Å². The molecule has 5 rings (SSSR count). The summed E-state index contributed by atoms with van der Waals surface area (Å²) < 4.78 is 49.8. The number of halogens is 1. The topological polar surface area (TPSA) is 141 Å². The van der Waals surface area contributed by atoms with Crippen molar-refractivity contribution in [2.24, 2.45) is 0 Å². The third kappa shape index (κ3) is 11.1. The van der Waals surface area contributed by atoms with Gasteiger partial charge in [-0.25, -0.2) is 28.0 Å². The number of carboxylic acid groups (broad SMARTS) is 1. The monoisotopic (exact) mass is 820 g/mol. The minimum atomic E-state index is -1.50. The number of hydrogen-bond donors (Lipinski definition) is 2. The van der Waals surface area contributed by atoms with Gasteiger partial charge in [-0.15, -0.1) is 0 Å². The highest BCUT2D eigenvalue weighted by atomic mass is 32.2. The van der Waals surface area contributed by atoms with Crippen LogP contribution in [-0.2, 0) is 40.2 Å². The average molecular weight is 821 g/mol. The summed E-state index contributed by atoms with van der Waals surface area (Å²) in [4.78, 5) is 23.0. The maximum absolute atomic E-state index is 15.7.